The Kier molecular flexibility index (Phi) is 4.88. The monoisotopic (exact) mass is 341 g/mol. The fourth-order valence-electron chi connectivity index (χ4n) is 1.89. The van der Waals surface area contributed by atoms with E-state index in [0.717, 1.165) is 12.1 Å². The third-order valence-electron chi connectivity index (χ3n) is 3.29. The van der Waals surface area contributed by atoms with Crippen LogP contribution in [0.3, 0.4) is 0 Å². The van der Waals surface area contributed by atoms with Crippen molar-refractivity contribution in [1.29, 1.82) is 0 Å². The number of hydrogen-bond donors (Lipinski definition) is 1. The van der Waals surface area contributed by atoms with Gasteiger partial charge in [-0.25, -0.2) is 4.39 Å². The summed E-state index contributed by atoms with van der Waals surface area (Å²) in [6.07, 6.45) is 0. The van der Waals surface area contributed by atoms with Gasteiger partial charge in [-0.3, -0.25) is 0 Å². The van der Waals surface area contributed by atoms with Crippen LogP contribution in [-0.4, -0.2) is 22.7 Å². The molecule has 2 rings (SSSR count). The van der Waals surface area contributed by atoms with Crippen LogP contribution in [0.1, 0.15) is 32.6 Å². The Balaban J connectivity index is 2.22. The second kappa shape index (κ2) is 6.45. The molecule has 108 valence electrons. The van der Waals surface area contributed by atoms with Crippen molar-refractivity contribution in [2.75, 3.05) is 6.54 Å². The summed E-state index contributed by atoms with van der Waals surface area (Å²) in [5, 5.41) is 7.29. The number of rotatable bonds is 5. The highest BCUT2D eigenvalue weighted by molar-refractivity contribution is 9.10. The van der Waals surface area contributed by atoms with Crippen LogP contribution in [0.25, 0.3) is 11.4 Å². The fraction of sp³-hybridized carbons (Fsp3) is 0.429. The zero-order valence-electron chi connectivity index (χ0n) is 11.7. The molecule has 2 atom stereocenters. The molecule has 0 aliphatic rings. The summed E-state index contributed by atoms with van der Waals surface area (Å²) >= 11 is 3.15. The fourth-order valence-corrected chi connectivity index (χ4v) is 2.26. The van der Waals surface area contributed by atoms with Crippen LogP contribution in [0.5, 0.6) is 0 Å². The van der Waals surface area contributed by atoms with Gasteiger partial charge >= 0.3 is 0 Å². The maximum absolute atomic E-state index is 13.2. The molecule has 2 aromatic rings. The van der Waals surface area contributed by atoms with Gasteiger partial charge in [0, 0.05) is 11.6 Å². The Morgan fingerprint density at radius 2 is 2.15 bits per heavy atom. The van der Waals surface area contributed by atoms with Gasteiger partial charge in [0.05, 0.1) is 10.4 Å². The summed E-state index contributed by atoms with van der Waals surface area (Å²) < 4.78 is 18.9. The molecule has 4 nitrogen and oxygen atoms in total. The van der Waals surface area contributed by atoms with Crippen molar-refractivity contribution >= 4 is 15.9 Å². The maximum Gasteiger partial charge on any atom is 0.231 e. The molecule has 0 spiro atoms. The molecular weight excluding hydrogens is 325 g/mol. The van der Waals surface area contributed by atoms with Gasteiger partial charge in [0.25, 0.3) is 0 Å². The van der Waals surface area contributed by atoms with Crippen LogP contribution in [-0.2, 0) is 0 Å². The highest BCUT2D eigenvalue weighted by Gasteiger charge is 2.20. The van der Waals surface area contributed by atoms with Gasteiger partial charge in [0.2, 0.25) is 11.7 Å². The topological polar surface area (TPSA) is 51.0 Å². The van der Waals surface area contributed by atoms with Crippen LogP contribution < -0.4 is 5.32 Å². The number of likely N-dealkylation sites (N-methyl/N-ethyl adjacent to an activating group) is 1. The van der Waals surface area contributed by atoms with Gasteiger partial charge in [-0.05, 0) is 47.6 Å². The van der Waals surface area contributed by atoms with E-state index in [0.29, 0.717) is 16.2 Å². The molecule has 0 aliphatic carbocycles. The molecule has 1 aromatic heterocycles. The molecule has 1 heterocycles. The minimum absolute atomic E-state index is 0.111. The Labute approximate surface area is 125 Å². The van der Waals surface area contributed by atoms with Gasteiger partial charge < -0.3 is 9.84 Å². The lowest BCUT2D eigenvalue weighted by Gasteiger charge is -2.16. The molecule has 0 saturated carbocycles. The number of hydrogen-bond acceptors (Lipinski definition) is 4. The average molecular weight is 342 g/mol. The second-order valence-electron chi connectivity index (χ2n) is 4.72. The van der Waals surface area contributed by atoms with Gasteiger partial charge in [-0.1, -0.05) is 19.0 Å². The Morgan fingerprint density at radius 1 is 1.40 bits per heavy atom. The highest BCUT2D eigenvalue weighted by Crippen LogP contribution is 2.25. The predicted molar refractivity (Wildman–Crippen MR) is 78.9 cm³/mol. The lowest BCUT2D eigenvalue weighted by Crippen LogP contribution is -2.30. The third kappa shape index (κ3) is 3.24. The lowest BCUT2D eigenvalue weighted by molar-refractivity contribution is 0.332. The van der Waals surface area contributed by atoms with Crippen LogP contribution in [0.2, 0.25) is 0 Å². The van der Waals surface area contributed by atoms with E-state index in [1.165, 1.54) is 6.07 Å². The van der Waals surface area contributed by atoms with Crippen molar-refractivity contribution in [2.24, 2.45) is 0 Å². The molecule has 1 N–H and O–H groups in total. The molecule has 0 fully saturated rings. The number of halogens is 2. The van der Waals surface area contributed by atoms with Crippen molar-refractivity contribution in [3.63, 3.8) is 0 Å². The summed E-state index contributed by atoms with van der Waals surface area (Å²) in [5.41, 5.74) is 0.719. The number of aromatic nitrogens is 2. The zero-order chi connectivity index (χ0) is 14.7. The van der Waals surface area contributed by atoms with Gasteiger partial charge in [0.1, 0.15) is 5.82 Å². The Hall–Kier alpha value is -1.27. The van der Waals surface area contributed by atoms with Gasteiger partial charge in [-0.15, -0.1) is 0 Å². The first-order valence-electron chi connectivity index (χ1n) is 6.55. The highest BCUT2D eigenvalue weighted by atomic mass is 79.9. The van der Waals surface area contributed by atoms with Crippen molar-refractivity contribution in [2.45, 2.75) is 32.7 Å². The van der Waals surface area contributed by atoms with Crippen molar-refractivity contribution in [3.8, 4) is 11.4 Å². The first-order chi connectivity index (χ1) is 9.52. The smallest absolute Gasteiger partial charge is 0.231 e. The van der Waals surface area contributed by atoms with E-state index in [-0.39, 0.29) is 17.8 Å². The van der Waals surface area contributed by atoms with E-state index in [1.807, 2.05) is 6.92 Å². The van der Waals surface area contributed by atoms with Crippen molar-refractivity contribution < 1.29 is 8.91 Å². The molecular formula is C14H17BrFN3O. The molecule has 0 amide bonds. The van der Waals surface area contributed by atoms with E-state index in [2.05, 4.69) is 45.2 Å². The van der Waals surface area contributed by atoms with E-state index in [4.69, 9.17) is 4.52 Å². The zero-order valence-corrected chi connectivity index (χ0v) is 13.2. The minimum Gasteiger partial charge on any atom is -0.339 e. The average Bonchev–Trinajstić information content (AvgIpc) is 2.91. The predicted octanol–water partition coefficient (Wildman–Crippen LogP) is 3.74. The number of nitrogens with one attached hydrogen (secondary N) is 1. The molecule has 2 unspecified atom stereocenters. The van der Waals surface area contributed by atoms with Crippen molar-refractivity contribution in [1.82, 2.24) is 15.5 Å². The lowest BCUT2D eigenvalue weighted by atomic mass is 10.0. The Morgan fingerprint density at radius 3 is 2.80 bits per heavy atom. The van der Waals surface area contributed by atoms with E-state index in [9.17, 15) is 4.39 Å². The normalized spacial score (nSPS) is 14.2. The summed E-state index contributed by atoms with van der Waals surface area (Å²) in [6, 6.07) is 4.89. The SMILES string of the molecule is CCNC(C)C(C)c1nc(-c2ccc(F)c(Br)c2)no1. The summed E-state index contributed by atoms with van der Waals surface area (Å²) in [4.78, 5) is 4.39. The van der Waals surface area contributed by atoms with Crippen LogP contribution in [0.4, 0.5) is 4.39 Å². The standard InChI is InChI=1S/C14H17BrFN3O/c1-4-17-9(3)8(2)14-18-13(19-20-14)10-5-6-12(16)11(15)7-10/h5-9,17H,4H2,1-3H3. The largest absolute Gasteiger partial charge is 0.339 e. The molecule has 0 radical (unpaired) electrons. The molecule has 6 heteroatoms. The molecule has 0 bridgehead atoms. The Bertz CT molecular complexity index is 588. The van der Waals surface area contributed by atoms with Crippen LogP contribution in [0, 0.1) is 5.82 Å². The maximum atomic E-state index is 13.2. The van der Waals surface area contributed by atoms with Crippen LogP contribution >= 0.6 is 15.9 Å². The minimum atomic E-state index is -0.313. The van der Waals surface area contributed by atoms with Crippen molar-refractivity contribution in [3.05, 3.63) is 34.4 Å². The quantitative estimate of drug-likeness (QED) is 0.899. The molecule has 1 aromatic carbocycles. The van der Waals surface area contributed by atoms with E-state index < -0.39 is 0 Å². The molecule has 0 saturated heterocycles. The molecule has 20 heavy (non-hydrogen) atoms. The van der Waals surface area contributed by atoms with Gasteiger partial charge in [0.15, 0.2) is 0 Å². The van der Waals surface area contributed by atoms with Crippen LogP contribution in [0.15, 0.2) is 27.2 Å². The first-order valence-corrected chi connectivity index (χ1v) is 7.34. The number of benzene rings is 1. The van der Waals surface area contributed by atoms with E-state index >= 15 is 0 Å². The van der Waals surface area contributed by atoms with E-state index in [1.54, 1.807) is 12.1 Å². The van der Waals surface area contributed by atoms with Gasteiger partial charge in [-0.2, -0.15) is 4.98 Å². The second-order valence-corrected chi connectivity index (χ2v) is 5.57. The molecule has 0 aliphatic heterocycles. The summed E-state index contributed by atoms with van der Waals surface area (Å²) in [7, 11) is 0. The first kappa shape index (κ1) is 15.1. The number of nitrogens with zero attached hydrogens (tertiary/aromatic N) is 2. The third-order valence-corrected chi connectivity index (χ3v) is 3.89. The summed E-state index contributed by atoms with van der Waals surface area (Å²) in [5.74, 6) is 0.844. The summed E-state index contributed by atoms with van der Waals surface area (Å²) in [6.45, 7) is 7.05.